The molecule has 1 rings (SSSR count). The van der Waals surface area contributed by atoms with E-state index >= 15 is 0 Å². The van der Waals surface area contributed by atoms with E-state index in [9.17, 15) is 9.59 Å². The van der Waals surface area contributed by atoms with Crippen molar-refractivity contribution in [3.63, 3.8) is 0 Å². The maximum Gasteiger partial charge on any atom is 0.243 e. The fraction of sp³-hybridized carbons (Fsp3) is 0.467. The minimum atomic E-state index is -0.483. The van der Waals surface area contributed by atoms with Gasteiger partial charge in [-0.05, 0) is 18.4 Å². The SMILES string of the molecule is CC(=O)NC(C(=O)NCc1ccc(C)cc1)C(C)C. The Hall–Kier alpha value is -1.84. The van der Waals surface area contributed by atoms with Crippen LogP contribution in [-0.4, -0.2) is 17.9 Å². The molecule has 0 spiro atoms. The predicted octanol–water partition coefficient (Wildman–Crippen LogP) is 1.77. The van der Waals surface area contributed by atoms with Crippen LogP contribution in [0.3, 0.4) is 0 Å². The summed E-state index contributed by atoms with van der Waals surface area (Å²) >= 11 is 0. The summed E-state index contributed by atoms with van der Waals surface area (Å²) in [6.45, 7) is 7.73. The normalized spacial score (nSPS) is 12.1. The highest BCUT2D eigenvalue weighted by Crippen LogP contribution is 2.05. The third kappa shape index (κ3) is 5.12. The van der Waals surface area contributed by atoms with Crippen LogP contribution in [0.4, 0.5) is 0 Å². The molecule has 0 aliphatic carbocycles. The Morgan fingerprint density at radius 3 is 2.21 bits per heavy atom. The van der Waals surface area contributed by atoms with Crippen molar-refractivity contribution >= 4 is 11.8 Å². The van der Waals surface area contributed by atoms with Crippen molar-refractivity contribution in [2.45, 2.75) is 40.3 Å². The smallest absolute Gasteiger partial charge is 0.243 e. The van der Waals surface area contributed by atoms with E-state index in [1.807, 2.05) is 45.0 Å². The first-order chi connectivity index (χ1) is 8.90. The molecule has 0 aliphatic heterocycles. The van der Waals surface area contributed by atoms with Gasteiger partial charge >= 0.3 is 0 Å². The van der Waals surface area contributed by atoms with Crippen LogP contribution in [0.2, 0.25) is 0 Å². The molecular formula is C15H22N2O2. The maximum absolute atomic E-state index is 12.0. The van der Waals surface area contributed by atoms with Crippen molar-refractivity contribution in [3.05, 3.63) is 35.4 Å². The molecule has 0 heterocycles. The first-order valence-electron chi connectivity index (χ1n) is 6.50. The molecule has 2 N–H and O–H groups in total. The van der Waals surface area contributed by atoms with Crippen molar-refractivity contribution < 1.29 is 9.59 Å². The van der Waals surface area contributed by atoms with Crippen molar-refractivity contribution in [3.8, 4) is 0 Å². The molecule has 4 nitrogen and oxygen atoms in total. The van der Waals surface area contributed by atoms with Crippen LogP contribution in [0, 0.1) is 12.8 Å². The lowest BCUT2D eigenvalue weighted by molar-refractivity contribution is -0.129. The summed E-state index contributed by atoms with van der Waals surface area (Å²) in [5.41, 5.74) is 2.23. The summed E-state index contributed by atoms with van der Waals surface area (Å²) < 4.78 is 0. The summed E-state index contributed by atoms with van der Waals surface area (Å²) in [5.74, 6) is -0.281. The lowest BCUT2D eigenvalue weighted by Crippen LogP contribution is -2.48. The monoisotopic (exact) mass is 262 g/mol. The number of benzene rings is 1. The standard InChI is InChI=1S/C15H22N2O2/c1-10(2)14(17-12(4)18)15(19)16-9-13-7-5-11(3)6-8-13/h5-8,10,14H,9H2,1-4H3,(H,16,19)(H,17,18). The fourth-order valence-corrected chi connectivity index (χ4v) is 1.76. The summed E-state index contributed by atoms with van der Waals surface area (Å²) in [6, 6.07) is 7.50. The molecule has 4 heteroatoms. The van der Waals surface area contributed by atoms with Gasteiger partial charge in [-0.2, -0.15) is 0 Å². The van der Waals surface area contributed by atoms with E-state index in [4.69, 9.17) is 0 Å². The predicted molar refractivity (Wildman–Crippen MR) is 75.5 cm³/mol. The molecule has 2 amide bonds. The fourth-order valence-electron chi connectivity index (χ4n) is 1.76. The Kier molecular flexibility index (Phi) is 5.55. The van der Waals surface area contributed by atoms with E-state index in [1.54, 1.807) is 0 Å². The summed E-state index contributed by atoms with van der Waals surface area (Å²) in [6.07, 6.45) is 0. The molecule has 0 saturated carbocycles. The van der Waals surface area contributed by atoms with Gasteiger partial charge in [0.2, 0.25) is 11.8 Å². The van der Waals surface area contributed by atoms with Crippen LogP contribution < -0.4 is 10.6 Å². The molecule has 0 aliphatic rings. The van der Waals surface area contributed by atoms with Crippen molar-refractivity contribution in [2.75, 3.05) is 0 Å². The van der Waals surface area contributed by atoms with Crippen molar-refractivity contribution in [2.24, 2.45) is 5.92 Å². The van der Waals surface area contributed by atoms with Gasteiger partial charge in [0.25, 0.3) is 0 Å². The highest BCUT2D eigenvalue weighted by atomic mass is 16.2. The molecule has 1 atom stereocenters. The zero-order chi connectivity index (χ0) is 14.4. The Morgan fingerprint density at radius 2 is 1.74 bits per heavy atom. The molecule has 1 aromatic carbocycles. The largest absolute Gasteiger partial charge is 0.350 e. The van der Waals surface area contributed by atoms with Crippen molar-refractivity contribution in [1.29, 1.82) is 0 Å². The van der Waals surface area contributed by atoms with Gasteiger partial charge in [-0.15, -0.1) is 0 Å². The van der Waals surface area contributed by atoms with Gasteiger partial charge in [0, 0.05) is 13.5 Å². The second kappa shape index (κ2) is 6.92. The maximum atomic E-state index is 12.0. The highest BCUT2D eigenvalue weighted by molar-refractivity contribution is 5.86. The summed E-state index contributed by atoms with van der Waals surface area (Å²) in [4.78, 5) is 23.1. The van der Waals surface area contributed by atoms with Crippen molar-refractivity contribution in [1.82, 2.24) is 10.6 Å². The van der Waals surface area contributed by atoms with E-state index in [1.165, 1.54) is 12.5 Å². The molecule has 19 heavy (non-hydrogen) atoms. The summed E-state index contributed by atoms with van der Waals surface area (Å²) in [7, 11) is 0. The molecule has 0 radical (unpaired) electrons. The van der Waals surface area contributed by atoms with Crippen LogP contribution in [0.5, 0.6) is 0 Å². The Labute approximate surface area is 114 Å². The Morgan fingerprint density at radius 1 is 1.16 bits per heavy atom. The molecule has 0 aromatic heterocycles. The average molecular weight is 262 g/mol. The third-order valence-corrected chi connectivity index (χ3v) is 2.90. The lowest BCUT2D eigenvalue weighted by Gasteiger charge is -2.20. The number of aryl methyl sites for hydroxylation is 1. The second-order valence-corrected chi connectivity index (χ2v) is 5.13. The quantitative estimate of drug-likeness (QED) is 0.849. The molecule has 1 aromatic rings. The van der Waals surface area contributed by atoms with Gasteiger partial charge in [0.05, 0.1) is 0 Å². The van der Waals surface area contributed by atoms with Gasteiger partial charge in [-0.25, -0.2) is 0 Å². The minimum absolute atomic E-state index is 0.0573. The zero-order valence-corrected chi connectivity index (χ0v) is 12.0. The molecule has 0 fully saturated rings. The number of nitrogens with one attached hydrogen (secondary N) is 2. The molecular weight excluding hydrogens is 240 g/mol. The number of rotatable bonds is 5. The first kappa shape index (κ1) is 15.2. The van der Waals surface area contributed by atoms with E-state index in [0.717, 1.165) is 5.56 Å². The van der Waals surface area contributed by atoms with Gasteiger partial charge in [0.1, 0.15) is 6.04 Å². The number of hydrogen-bond donors (Lipinski definition) is 2. The average Bonchev–Trinajstić information content (AvgIpc) is 2.34. The first-order valence-corrected chi connectivity index (χ1v) is 6.50. The number of amides is 2. The van der Waals surface area contributed by atoms with Crippen LogP contribution in [0.15, 0.2) is 24.3 Å². The molecule has 1 unspecified atom stereocenters. The topological polar surface area (TPSA) is 58.2 Å². The highest BCUT2D eigenvalue weighted by Gasteiger charge is 2.22. The molecule has 0 saturated heterocycles. The number of carbonyl (C=O) groups excluding carboxylic acids is 2. The van der Waals surface area contributed by atoms with E-state index < -0.39 is 6.04 Å². The Balaban J connectivity index is 2.57. The van der Waals surface area contributed by atoms with E-state index in [-0.39, 0.29) is 17.7 Å². The summed E-state index contributed by atoms with van der Waals surface area (Å²) in [5, 5.41) is 5.53. The van der Waals surface area contributed by atoms with Gasteiger partial charge in [0.15, 0.2) is 0 Å². The van der Waals surface area contributed by atoms with E-state index in [2.05, 4.69) is 10.6 Å². The number of hydrogen-bond acceptors (Lipinski definition) is 2. The van der Waals surface area contributed by atoms with Crippen LogP contribution in [-0.2, 0) is 16.1 Å². The molecule has 104 valence electrons. The lowest BCUT2D eigenvalue weighted by atomic mass is 10.0. The second-order valence-electron chi connectivity index (χ2n) is 5.13. The number of carbonyl (C=O) groups is 2. The van der Waals surface area contributed by atoms with Crippen LogP contribution in [0.25, 0.3) is 0 Å². The molecule has 0 bridgehead atoms. The third-order valence-electron chi connectivity index (χ3n) is 2.90. The van der Waals surface area contributed by atoms with E-state index in [0.29, 0.717) is 6.54 Å². The van der Waals surface area contributed by atoms with Crippen LogP contribution in [0.1, 0.15) is 31.9 Å². The van der Waals surface area contributed by atoms with Gasteiger partial charge in [-0.1, -0.05) is 43.7 Å². The Bertz CT molecular complexity index is 438. The zero-order valence-electron chi connectivity index (χ0n) is 12.0. The van der Waals surface area contributed by atoms with Gasteiger partial charge < -0.3 is 10.6 Å². The van der Waals surface area contributed by atoms with Crippen LogP contribution >= 0.6 is 0 Å². The van der Waals surface area contributed by atoms with Gasteiger partial charge in [-0.3, -0.25) is 9.59 Å². The minimum Gasteiger partial charge on any atom is -0.350 e.